The van der Waals surface area contributed by atoms with Gasteiger partial charge in [0.05, 0.1) is 10.7 Å². The summed E-state index contributed by atoms with van der Waals surface area (Å²) in [7, 11) is 0. The highest BCUT2D eigenvalue weighted by atomic mass is 79.9. The zero-order valence-corrected chi connectivity index (χ0v) is 12.3. The number of nitrogens with zero attached hydrogens (tertiary/aromatic N) is 1. The maximum Gasteiger partial charge on any atom is 0.122 e. The fourth-order valence-corrected chi connectivity index (χ4v) is 2.92. The quantitative estimate of drug-likeness (QED) is 0.812. The van der Waals surface area contributed by atoms with Crippen LogP contribution in [0.25, 0.3) is 0 Å². The molecule has 1 aromatic rings. The number of halogens is 2. The van der Waals surface area contributed by atoms with Gasteiger partial charge in [-0.15, -0.1) is 0 Å². The number of anilines is 1. The third kappa shape index (κ3) is 2.89. The molecule has 2 nitrogen and oxygen atoms in total. The molecule has 1 unspecified atom stereocenters. The molecular weight excluding hydrogens is 302 g/mol. The summed E-state index contributed by atoms with van der Waals surface area (Å²) in [6.45, 7) is 4.04. The molecule has 1 aliphatic rings. The molecule has 0 saturated carbocycles. The molecule has 1 aromatic carbocycles. The van der Waals surface area contributed by atoms with Crippen LogP contribution in [0, 0.1) is 0 Å². The first kappa shape index (κ1) is 13.0. The lowest BCUT2D eigenvalue weighted by molar-refractivity contribution is 0.468. The molecule has 94 valence electrons. The summed E-state index contributed by atoms with van der Waals surface area (Å²) in [6, 6.07) is 3.65. The number of piperidine rings is 1. The van der Waals surface area contributed by atoms with E-state index >= 15 is 0 Å². The molecular formula is C13H17BrClNO. The first-order valence-corrected chi connectivity index (χ1v) is 7.30. The Balaban J connectivity index is 2.32. The Labute approximate surface area is 116 Å². The van der Waals surface area contributed by atoms with E-state index in [0.717, 1.165) is 29.4 Å². The van der Waals surface area contributed by atoms with Gasteiger partial charge in [0.1, 0.15) is 5.75 Å². The predicted octanol–water partition coefficient (Wildman–Crippen LogP) is 4.49. The standard InChI is InChI=1S/C13H17BrClNO/c1-9(14)10-7-11(15)12(8-13(10)17)16-5-3-2-4-6-16/h7-9,17H,2-6H2,1H3. The number of phenolic OH excluding ortho intramolecular Hbond substituents is 1. The second kappa shape index (κ2) is 5.49. The largest absolute Gasteiger partial charge is 0.508 e. The Morgan fingerprint density at radius 1 is 1.29 bits per heavy atom. The second-order valence-electron chi connectivity index (χ2n) is 4.53. The van der Waals surface area contributed by atoms with Crippen LogP contribution in [0.15, 0.2) is 12.1 Å². The van der Waals surface area contributed by atoms with Crippen LogP contribution in [0.5, 0.6) is 5.75 Å². The van der Waals surface area contributed by atoms with Crippen LogP contribution in [0.2, 0.25) is 5.02 Å². The second-order valence-corrected chi connectivity index (χ2v) is 6.31. The van der Waals surface area contributed by atoms with Crippen LogP contribution in [0.3, 0.4) is 0 Å². The van der Waals surface area contributed by atoms with Crippen molar-refractivity contribution < 1.29 is 5.11 Å². The minimum absolute atomic E-state index is 0.107. The third-order valence-electron chi connectivity index (χ3n) is 3.22. The van der Waals surface area contributed by atoms with Gasteiger partial charge in [-0.2, -0.15) is 0 Å². The molecule has 4 heteroatoms. The van der Waals surface area contributed by atoms with Gasteiger partial charge in [-0.05, 0) is 32.3 Å². The van der Waals surface area contributed by atoms with Crippen molar-refractivity contribution in [3.05, 3.63) is 22.7 Å². The number of hydrogen-bond acceptors (Lipinski definition) is 2. The Kier molecular flexibility index (Phi) is 4.21. The molecule has 0 amide bonds. The summed E-state index contributed by atoms with van der Waals surface area (Å²) in [6.07, 6.45) is 3.69. The molecule has 1 fully saturated rings. The number of aromatic hydroxyl groups is 1. The lowest BCUT2D eigenvalue weighted by atomic mass is 10.1. The maximum atomic E-state index is 10.0. The molecule has 0 aromatic heterocycles. The van der Waals surface area contributed by atoms with E-state index in [1.165, 1.54) is 19.3 Å². The highest BCUT2D eigenvalue weighted by molar-refractivity contribution is 9.09. The molecule has 1 aliphatic heterocycles. The topological polar surface area (TPSA) is 23.5 Å². The summed E-state index contributed by atoms with van der Waals surface area (Å²) >= 11 is 9.76. The first-order chi connectivity index (χ1) is 8.09. The number of benzene rings is 1. The van der Waals surface area contributed by atoms with Crippen molar-refractivity contribution in [2.75, 3.05) is 18.0 Å². The van der Waals surface area contributed by atoms with Crippen LogP contribution >= 0.6 is 27.5 Å². The monoisotopic (exact) mass is 317 g/mol. The predicted molar refractivity (Wildman–Crippen MR) is 76.5 cm³/mol. The van der Waals surface area contributed by atoms with E-state index in [-0.39, 0.29) is 4.83 Å². The average molecular weight is 319 g/mol. The maximum absolute atomic E-state index is 10.0. The zero-order valence-electron chi connectivity index (χ0n) is 9.92. The van der Waals surface area contributed by atoms with Crippen molar-refractivity contribution in [1.82, 2.24) is 0 Å². The molecule has 0 bridgehead atoms. The smallest absolute Gasteiger partial charge is 0.122 e. The summed E-state index contributed by atoms with van der Waals surface area (Å²) in [5, 5.41) is 10.7. The summed E-state index contributed by atoms with van der Waals surface area (Å²) in [5.74, 6) is 0.319. The molecule has 1 saturated heterocycles. The van der Waals surface area contributed by atoms with Crippen molar-refractivity contribution in [1.29, 1.82) is 0 Å². The third-order valence-corrected chi connectivity index (χ3v) is 4.02. The van der Waals surface area contributed by atoms with Crippen molar-refractivity contribution in [3.8, 4) is 5.75 Å². The van der Waals surface area contributed by atoms with Gasteiger partial charge >= 0.3 is 0 Å². The van der Waals surface area contributed by atoms with E-state index in [2.05, 4.69) is 20.8 Å². The molecule has 1 heterocycles. The van der Waals surface area contributed by atoms with Gasteiger partial charge in [0.25, 0.3) is 0 Å². The van der Waals surface area contributed by atoms with Crippen LogP contribution in [0.1, 0.15) is 36.6 Å². The van der Waals surface area contributed by atoms with Gasteiger partial charge in [-0.25, -0.2) is 0 Å². The summed E-state index contributed by atoms with van der Waals surface area (Å²) in [4.78, 5) is 2.37. The Bertz CT molecular complexity index is 403. The Hall–Kier alpha value is -0.410. The van der Waals surface area contributed by atoms with E-state index in [1.807, 2.05) is 13.0 Å². The van der Waals surface area contributed by atoms with Crippen molar-refractivity contribution >= 4 is 33.2 Å². The number of hydrogen-bond donors (Lipinski definition) is 1. The number of phenols is 1. The van der Waals surface area contributed by atoms with Crippen LogP contribution in [0.4, 0.5) is 5.69 Å². The van der Waals surface area contributed by atoms with E-state index in [9.17, 15) is 5.11 Å². The van der Waals surface area contributed by atoms with Gasteiger partial charge in [0, 0.05) is 29.5 Å². The van der Waals surface area contributed by atoms with Gasteiger partial charge in [-0.1, -0.05) is 27.5 Å². The molecule has 0 radical (unpaired) electrons. The number of rotatable bonds is 2. The van der Waals surface area contributed by atoms with Gasteiger partial charge in [-0.3, -0.25) is 0 Å². The number of alkyl halides is 1. The molecule has 2 rings (SSSR count). The summed E-state index contributed by atoms with van der Waals surface area (Å²) < 4.78 is 0. The van der Waals surface area contributed by atoms with Gasteiger partial charge < -0.3 is 10.0 Å². The van der Waals surface area contributed by atoms with E-state index in [0.29, 0.717) is 5.75 Å². The van der Waals surface area contributed by atoms with Crippen LogP contribution < -0.4 is 4.90 Å². The molecule has 1 N–H and O–H groups in total. The molecule has 17 heavy (non-hydrogen) atoms. The van der Waals surface area contributed by atoms with Crippen LogP contribution in [-0.4, -0.2) is 18.2 Å². The highest BCUT2D eigenvalue weighted by Gasteiger charge is 2.17. The van der Waals surface area contributed by atoms with E-state index in [4.69, 9.17) is 11.6 Å². The van der Waals surface area contributed by atoms with E-state index < -0.39 is 0 Å². The highest BCUT2D eigenvalue weighted by Crippen LogP contribution is 2.38. The lowest BCUT2D eigenvalue weighted by Gasteiger charge is -2.30. The average Bonchev–Trinajstić information content (AvgIpc) is 2.32. The molecule has 1 atom stereocenters. The van der Waals surface area contributed by atoms with E-state index in [1.54, 1.807) is 6.07 Å². The van der Waals surface area contributed by atoms with Crippen molar-refractivity contribution in [3.63, 3.8) is 0 Å². The minimum Gasteiger partial charge on any atom is -0.508 e. The Morgan fingerprint density at radius 3 is 2.53 bits per heavy atom. The fourth-order valence-electron chi connectivity index (χ4n) is 2.26. The fraction of sp³-hybridized carbons (Fsp3) is 0.538. The molecule has 0 spiro atoms. The SMILES string of the molecule is CC(Br)c1cc(Cl)c(N2CCCCC2)cc1O. The first-order valence-electron chi connectivity index (χ1n) is 6.01. The van der Waals surface area contributed by atoms with Crippen molar-refractivity contribution in [2.45, 2.75) is 31.0 Å². The molecule has 0 aliphatic carbocycles. The Morgan fingerprint density at radius 2 is 1.94 bits per heavy atom. The minimum atomic E-state index is 0.107. The lowest BCUT2D eigenvalue weighted by Crippen LogP contribution is -2.29. The van der Waals surface area contributed by atoms with Gasteiger partial charge in [0.2, 0.25) is 0 Å². The summed E-state index contributed by atoms with van der Waals surface area (Å²) in [5.41, 5.74) is 1.80. The van der Waals surface area contributed by atoms with Gasteiger partial charge in [0.15, 0.2) is 0 Å². The van der Waals surface area contributed by atoms with Crippen molar-refractivity contribution in [2.24, 2.45) is 0 Å². The normalized spacial score (nSPS) is 18.2. The zero-order chi connectivity index (χ0) is 12.4. The van der Waals surface area contributed by atoms with Crippen LogP contribution in [-0.2, 0) is 0 Å².